The average molecular weight is 376 g/mol. The summed E-state index contributed by atoms with van der Waals surface area (Å²) in [6.07, 6.45) is 3.13. The van der Waals surface area contributed by atoms with E-state index in [2.05, 4.69) is 10.2 Å². The maximum absolute atomic E-state index is 13.6. The molecule has 2 bridgehead atoms. The Morgan fingerprint density at radius 1 is 1.04 bits per heavy atom. The first-order valence-corrected chi connectivity index (χ1v) is 10.0. The molecule has 2 saturated heterocycles. The van der Waals surface area contributed by atoms with Gasteiger partial charge in [-0.1, -0.05) is 36.4 Å². The summed E-state index contributed by atoms with van der Waals surface area (Å²) >= 11 is 0. The van der Waals surface area contributed by atoms with Crippen molar-refractivity contribution in [3.8, 4) is 5.75 Å². The molecule has 2 atom stereocenters. The van der Waals surface area contributed by atoms with Crippen molar-refractivity contribution in [3.63, 3.8) is 0 Å². The van der Waals surface area contributed by atoms with Crippen molar-refractivity contribution in [2.45, 2.75) is 38.0 Å². The predicted molar refractivity (Wildman–Crippen MR) is 107 cm³/mol. The molecule has 28 heavy (non-hydrogen) atoms. The van der Waals surface area contributed by atoms with Gasteiger partial charge in [0.1, 0.15) is 17.9 Å². The van der Waals surface area contributed by atoms with Gasteiger partial charge in [0, 0.05) is 29.6 Å². The fourth-order valence-corrected chi connectivity index (χ4v) is 4.52. The van der Waals surface area contributed by atoms with E-state index in [1.54, 1.807) is 0 Å². The lowest BCUT2D eigenvalue weighted by Crippen LogP contribution is -2.42. The second-order valence-electron chi connectivity index (χ2n) is 7.60. The summed E-state index contributed by atoms with van der Waals surface area (Å²) in [6, 6.07) is 18.0. The first-order valence-electron chi connectivity index (χ1n) is 10.0. The molecule has 1 amide bonds. The lowest BCUT2D eigenvalue weighted by atomic mass is 10.1. The Morgan fingerprint density at radius 2 is 1.82 bits per heavy atom. The highest BCUT2D eigenvalue weighted by Gasteiger charge is 2.40. The molecule has 1 aromatic heterocycles. The number of carbonyl (C=O) groups is 1. The molecule has 1 N–H and O–H groups in total. The van der Waals surface area contributed by atoms with E-state index in [9.17, 15) is 4.79 Å². The van der Waals surface area contributed by atoms with E-state index in [1.165, 1.54) is 0 Å². The summed E-state index contributed by atoms with van der Waals surface area (Å²) in [4.78, 5) is 15.6. The maximum Gasteiger partial charge on any atom is 0.290 e. The summed E-state index contributed by atoms with van der Waals surface area (Å²) in [5.41, 5.74) is 1.57. The van der Waals surface area contributed by atoms with Gasteiger partial charge < -0.3 is 19.4 Å². The number of hydrogen-bond acceptors (Lipinski definition) is 4. The van der Waals surface area contributed by atoms with Crippen molar-refractivity contribution in [3.05, 3.63) is 65.9 Å². The smallest absolute Gasteiger partial charge is 0.290 e. The maximum atomic E-state index is 13.6. The van der Waals surface area contributed by atoms with Crippen LogP contribution in [0, 0.1) is 0 Å². The van der Waals surface area contributed by atoms with Gasteiger partial charge in [-0.2, -0.15) is 0 Å². The van der Waals surface area contributed by atoms with E-state index < -0.39 is 0 Å². The third-order valence-electron chi connectivity index (χ3n) is 5.91. The molecule has 5 nitrogen and oxygen atoms in total. The number of rotatable bonds is 4. The summed E-state index contributed by atoms with van der Waals surface area (Å²) in [6.45, 7) is 2.14. The van der Waals surface area contributed by atoms with Crippen molar-refractivity contribution in [2.75, 3.05) is 13.1 Å². The van der Waals surface area contributed by atoms with E-state index >= 15 is 0 Å². The topological polar surface area (TPSA) is 54.7 Å². The molecule has 0 spiro atoms. The van der Waals surface area contributed by atoms with Crippen LogP contribution in [0.5, 0.6) is 5.75 Å². The third-order valence-corrected chi connectivity index (χ3v) is 5.91. The number of ether oxygens (including phenoxy) is 1. The molecular weight excluding hydrogens is 352 g/mol. The van der Waals surface area contributed by atoms with Crippen molar-refractivity contribution >= 4 is 16.9 Å². The van der Waals surface area contributed by atoms with Crippen LogP contribution < -0.4 is 10.1 Å². The van der Waals surface area contributed by atoms with Crippen LogP contribution in [0.15, 0.2) is 59.0 Å². The highest BCUT2D eigenvalue weighted by molar-refractivity contribution is 5.99. The Hall–Kier alpha value is -2.79. The Balaban J connectivity index is 1.50. The van der Waals surface area contributed by atoms with Gasteiger partial charge >= 0.3 is 0 Å². The zero-order chi connectivity index (χ0) is 18.9. The summed E-state index contributed by atoms with van der Waals surface area (Å²) in [5.74, 6) is 1.21. The second-order valence-corrected chi connectivity index (χ2v) is 7.60. The zero-order valence-corrected chi connectivity index (χ0v) is 15.8. The molecule has 3 aromatic rings. The fraction of sp³-hybridized carbons (Fsp3) is 0.348. The minimum atomic E-state index is -0.000869. The highest BCUT2D eigenvalue weighted by atomic mass is 16.5. The van der Waals surface area contributed by atoms with Crippen LogP contribution in [-0.4, -0.2) is 36.0 Å². The van der Waals surface area contributed by atoms with Gasteiger partial charge in [-0.3, -0.25) is 4.79 Å². The van der Waals surface area contributed by atoms with Crippen molar-refractivity contribution in [2.24, 2.45) is 0 Å². The van der Waals surface area contributed by atoms with Crippen molar-refractivity contribution in [1.82, 2.24) is 10.2 Å². The molecule has 0 saturated carbocycles. The Kier molecular flexibility index (Phi) is 4.53. The van der Waals surface area contributed by atoms with Crippen LogP contribution in [0.2, 0.25) is 0 Å². The van der Waals surface area contributed by atoms with Crippen LogP contribution in [0.1, 0.15) is 35.4 Å². The van der Waals surface area contributed by atoms with Crippen LogP contribution in [0.25, 0.3) is 11.0 Å². The lowest BCUT2D eigenvalue weighted by Gasteiger charge is -2.27. The number of amides is 1. The number of furan rings is 1. The van der Waals surface area contributed by atoms with E-state index in [1.807, 2.05) is 54.6 Å². The first kappa shape index (κ1) is 17.3. The Bertz CT molecular complexity index is 968. The molecule has 144 valence electrons. The van der Waals surface area contributed by atoms with Gasteiger partial charge in [-0.25, -0.2) is 0 Å². The molecular formula is C23H24N2O3. The molecule has 2 aromatic carbocycles. The first-order chi connectivity index (χ1) is 13.8. The van der Waals surface area contributed by atoms with Gasteiger partial charge in [0.25, 0.3) is 5.91 Å². The van der Waals surface area contributed by atoms with Crippen molar-refractivity contribution < 1.29 is 13.9 Å². The minimum absolute atomic E-state index is 0.000869. The number of fused-ring (bicyclic) bond motifs is 3. The van der Waals surface area contributed by atoms with Crippen LogP contribution >= 0.6 is 0 Å². The normalized spacial score (nSPS) is 21.6. The van der Waals surface area contributed by atoms with Crippen molar-refractivity contribution in [1.29, 1.82) is 0 Å². The van der Waals surface area contributed by atoms with Crippen LogP contribution in [0.3, 0.4) is 0 Å². The van der Waals surface area contributed by atoms with Gasteiger partial charge in [0.05, 0.1) is 0 Å². The second kappa shape index (κ2) is 7.32. The molecule has 2 unspecified atom stereocenters. The quantitative estimate of drug-likeness (QED) is 0.748. The monoisotopic (exact) mass is 376 g/mol. The standard InChI is InChI=1S/C23H24N2O3/c26-23(25-16-10-11-17(25)14-24-13-12-16)22-20(15-27-18-6-2-1-3-7-18)19-8-4-5-9-21(19)28-22/h1-9,16-17,24H,10-15H2. The number of benzene rings is 2. The number of hydrogen-bond donors (Lipinski definition) is 1. The average Bonchev–Trinajstić information content (AvgIpc) is 3.22. The number of nitrogens with zero attached hydrogens (tertiary/aromatic N) is 1. The van der Waals surface area contributed by atoms with Gasteiger partial charge in [-0.05, 0) is 44.0 Å². The molecule has 2 fully saturated rings. The lowest BCUT2D eigenvalue weighted by molar-refractivity contribution is 0.0646. The van der Waals surface area contributed by atoms with Gasteiger partial charge in [0.2, 0.25) is 0 Å². The Labute approximate surface area is 164 Å². The predicted octanol–water partition coefficient (Wildman–Crippen LogP) is 3.98. The minimum Gasteiger partial charge on any atom is -0.489 e. The fourth-order valence-electron chi connectivity index (χ4n) is 4.52. The summed E-state index contributed by atoms with van der Waals surface area (Å²) in [5, 5.41) is 4.40. The highest BCUT2D eigenvalue weighted by Crippen LogP contribution is 2.33. The summed E-state index contributed by atoms with van der Waals surface area (Å²) < 4.78 is 12.1. The van der Waals surface area contributed by atoms with E-state index in [4.69, 9.17) is 9.15 Å². The zero-order valence-electron chi connectivity index (χ0n) is 15.8. The largest absolute Gasteiger partial charge is 0.489 e. The van der Waals surface area contributed by atoms with Gasteiger partial charge in [-0.15, -0.1) is 0 Å². The molecule has 3 heterocycles. The van der Waals surface area contributed by atoms with E-state index in [0.717, 1.165) is 54.6 Å². The van der Waals surface area contributed by atoms with Crippen LogP contribution in [-0.2, 0) is 6.61 Å². The SMILES string of the molecule is O=C(c1oc2ccccc2c1COc1ccccc1)N1C2CCNCC1CC2. The number of carbonyl (C=O) groups excluding carboxylic acids is 1. The molecule has 2 aliphatic rings. The molecule has 0 aliphatic carbocycles. The third kappa shape index (κ3) is 3.06. The summed E-state index contributed by atoms with van der Waals surface area (Å²) in [7, 11) is 0. The number of para-hydroxylation sites is 2. The molecule has 5 heteroatoms. The Morgan fingerprint density at radius 3 is 2.71 bits per heavy atom. The molecule has 2 aliphatic heterocycles. The van der Waals surface area contributed by atoms with Crippen LogP contribution in [0.4, 0.5) is 0 Å². The molecule has 0 radical (unpaired) electrons. The van der Waals surface area contributed by atoms with E-state index in [-0.39, 0.29) is 11.9 Å². The van der Waals surface area contributed by atoms with Gasteiger partial charge in [0.15, 0.2) is 5.76 Å². The number of nitrogens with one attached hydrogen (secondary N) is 1. The molecule has 5 rings (SSSR count). The van der Waals surface area contributed by atoms with E-state index in [0.29, 0.717) is 18.4 Å².